The van der Waals surface area contributed by atoms with Crippen LogP contribution in [0.3, 0.4) is 0 Å². The van der Waals surface area contributed by atoms with Gasteiger partial charge < -0.3 is 14.4 Å². The van der Waals surface area contributed by atoms with E-state index in [2.05, 4.69) is 16.9 Å². The molecular weight excluding hydrogens is 378 g/mol. The molecule has 1 atom stereocenters. The smallest absolute Gasteiger partial charge is 0.253 e. The van der Waals surface area contributed by atoms with E-state index >= 15 is 0 Å². The molecule has 0 radical (unpaired) electrons. The maximum atomic E-state index is 13.0. The van der Waals surface area contributed by atoms with Crippen molar-refractivity contribution in [2.75, 3.05) is 33.3 Å². The van der Waals surface area contributed by atoms with Gasteiger partial charge in [0.15, 0.2) is 0 Å². The number of piperidine rings is 1. The molecule has 0 bridgehead atoms. The molecule has 1 spiro atoms. The molecule has 5 rings (SSSR count). The molecule has 1 aromatic heterocycles. The van der Waals surface area contributed by atoms with Crippen molar-refractivity contribution in [1.29, 1.82) is 0 Å². The van der Waals surface area contributed by atoms with Gasteiger partial charge in [0, 0.05) is 24.8 Å². The van der Waals surface area contributed by atoms with Gasteiger partial charge in [-0.1, -0.05) is 12.1 Å². The van der Waals surface area contributed by atoms with Crippen LogP contribution >= 0.6 is 0 Å². The average Bonchev–Trinajstić information content (AvgIpc) is 3.21. The van der Waals surface area contributed by atoms with E-state index < -0.39 is 0 Å². The Labute approximate surface area is 177 Å². The number of pyridine rings is 1. The molecule has 3 aliphatic rings. The topological polar surface area (TPSA) is 54.9 Å². The number of likely N-dealkylation sites (N-methyl/N-ethyl adjacent to an activating group) is 1. The van der Waals surface area contributed by atoms with Gasteiger partial charge in [0.25, 0.3) is 5.91 Å². The van der Waals surface area contributed by atoms with E-state index in [1.54, 1.807) is 6.20 Å². The fourth-order valence-electron chi connectivity index (χ4n) is 5.03. The SMILES string of the molecule is CN1CCC(COCc2ccccn2)CC12CN(C(=O)c1ccc3c(c1)COC3)C2. The molecule has 0 aliphatic carbocycles. The number of hydrogen-bond donors (Lipinski definition) is 0. The fourth-order valence-corrected chi connectivity index (χ4v) is 5.03. The van der Waals surface area contributed by atoms with Crippen molar-refractivity contribution in [3.8, 4) is 0 Å². The first-order valence-electron chi connectivity index (χ1n) is 10.8. The van der Waals surface area contributed by atoms with Crippen molar-refractivity contribution in [3.05, 3.63) is 65.0 Å². The molecule has 2 saturated heterocycles. The number of fused-ring (bicyclic) bond motifs is 1. The van der Waals surface area contributed by atoms with E-state index in [1.165, 1.54) is 5.56 Å². The highest BCUT2D eigenvalue weighted by molar-refractivity contribution is 5.95. The Morgan fingerprint density at radius 1 is 1.23 bits per heavy atom. The third kappa shape index (κ3) is 3.75. The van der Waals surface area contributed by atoms with Gasteiger partial charge >= 0.3 is 0 Å². The lowest BCUT2D eigenvalue weighted by Crippen LogP contribution is -2.72. The van der Waals surface area contributed by atoms with Crippen LogP contribution in [0.5, 0.6) is 0 Å². The van der Waals surface area contributed by atoms with Gasteiger partial charge in [-0.25, -0.2) is 0 Å². The van der Waals surface area contributed by atoms with E-state index in [4.69, 9.17) is 9.47 Å². The number of likely N-dealkylation sites (tertiary alicyclic amines) is 2. The van der Waals surface area contributed by atoms with Crippen LogP contribution in [0, 0.1) is 5.92 Å². The number of aromatic nitrogens is 1. The molecule has 1 aromatic carbocycles. The van der Waals surface area contributed by atoms with Gasteiger partial charge in [-0.3, -0.25) is 14.7 Å². The molecule has 2 aromatic rings. The Hall–Kier alpha value is -2.28. The zero-order valence-electron chi connectivity index (χ0n) is 17.5. The Morgan fingerprint density at radius 3 is 2.93 bits per heavy atom. The van der Waals surface area contributed by atoms with E-state index in [0.717, 1.165) is 55.9 Å². The Bertz CT molecular complexity index is 911. The van der Waals surface area contributed by atoms with Crippen molar-refractivity contribution in [3.63, 3.8) is 0 Å². The lowest BCUT2D eigenvalue weighted by Gasteiger charge is -2.58. The summed E-state index contributed by atoms with van der Waals surface area (Å²) in [6.07, 6.45) is 4.02. The fraction of sp³-hybridized carbons (Fsp3) is 0.500. The summed E-state index contributed by atoms with van der Waals surface area (Å²) in [5.41, 5.74) is 4.19. The van der Waals surface area contributed by atoms with Gasteiger partial charge in [0.2, 0.25) is 0 Å². The molecule has 3 aliphatic heterocycles. The number of carbonyl (C=O) groups is 1. The van der Waals surface area contributed by atoms with E-state index in [-0.39, 0.29) is 11.4 Å². The number of rotatable bonds is 5. The second-order valence-electron chi connectivity index (χ2n) is 8.98. The molecule has 1 unspecified atom stereocenters. The molecule has 158 valence electrons. The normalized spacial score (nSPS) is 22.7. The van der Waals surface area contributed by atoms with Gasteiger partial charge in [-0.05, 0) is 67.7 Å². The number of nitrogens with zero attached hydrogens (tertiary/aromatic N) is 3. The summed E-state index contributed by atoms with van der Waals surface area (Å²) < 4.78 is 11.4. The third-order valence-electron chi connectivity index (χ3n) is 6.91. The van der Waals surface area contributed by atoms with Crippen LogP contribution in [0.4, 0.5) is 0 Å². The summed E-state index contributed by atoms with van der Waals surface area (Å²) in [5.74, 6) is 0.663. The first-order chi connectivity index (χ1) is 14.6. The summed E-state index contributed by atoms with van der Waals surface area (Å²) in [6.45, 7) is 5.24. The molecule has 0 N–H and O–H groups in total. The zero-order chi connectivity index (χ0) is 20.6. The van der Waals surface area contributed by atoms with Crippen LogP contribution in [0.2, 0.25) is 0 Å². The summed E-state index contributed by atoms with van der Waals surface area (Å²) in [5, 5.41) is 0. The van der Waals surface area contributed by atoms with Crippen LogP contribution in [0.25, 0.3) is 0 Å². The molecule has 4 heterocycles. The second kappa shape index (κ2) is 8.10. The number of benzene rings is 1. The second-order valence-corrected chi connectivity index (χ2v) is 8.98. The highest BCUT2D eigenvalue weighted by Crippen LogP contribution is 2.39. The van der Waals surface area contributed by atoms with Crippen LogP contribution in [0.15, 0.2) is 42.6 Å². The molecule has 2 fully saturated rings. The highest BCUT2D eigenvalue weighted by atomic mass is 16.5. The van der Waals surface area contributed by atoms with Crippen molar-refractivity contribution in [2.45, 2.75) is 38.2 Å². The largest absolute Gasteiger partial charge is 0.375 e. The summed E-state index contributed by atoms with van der Waals surface area (Å²) in [6, 6.07) is 11.9. The van der Waals surface area contributed by atoms with Crippen LogP contribution < -0.4 is 0 Å². The van der Waals surface area contributed by atoms with Crippen LogP contribution in [0.1, 0.15) is 40.0 Å². The van der Waals surface area contributed by atoms with Crippen molar-refractivity contribution >= 4 is 5.91 Å². The number of hydrogen-bond acceptors (Lipinski definition) is 5. The first-order valence-corrected chi connectivity index (χ1v) is 10.8. The molecule has 6 heteroatoms. The third-order valence-corrected chi connectivity index (χ3v) is 6.91. The Morgan fingerprint density at radius 2 is 2.10 bits per heavy atom. The molecule has 0 saturated carbocycles. The van der Waals surface area contributed by atoms with E-state index in [9.17, 15) is 4.79 Å². The maximum Gasteiger partial charge on any atom is 0.253 e. The minimum absolute atomic E-state index is 0.0901. The standard InChI is InChI=1S/C24H29N3O3/c1-26-9-7-18(12-29-15-22-4-2-3-8-25-22)11-24(26)16-27(17-24)23(28)19-5-6-20-13-30-14-21(20)10-19/h2-6,8,10,18H,7,9,11-17H2,1H3. The Kier molecular flexibility index (Phi) is 5.31. The minimum Gasteiger partial charge on any atom is -0.375 e. The molecule has 6 nitrogen and oxygen atoms in total. The number of amides is 1. The molecular formula is C24H29N3O3. The average molecular weight is 408 g/mol. The number of ether oxygens (including phenoxy) is 2. The quantitative estimate of drug-likeness (QED) is 0.763. The highest BCUT2D eigenvalue weighted by Gasteiger charge is 2.51. The van der Waals surface area contributed by atoms with Gasteiger partial charge in [-0.15, -0.1) is 0 Å². The number of carbonyl (C=O) groups excluding carboxylic acids is 1. The maximum absolute atomic E-state index is 13.0. The molecule has 1 amide bonds. The summed E-state index contributed by atoms with van der Waals surface area (Å²) >= 11 is 0. The predicted octanol–water partition coefficient (Wildman–Crippen LogP) is 2.87. The van der Waals surface area contributed by atoms with Gasteiger partial charge in [0.1, 0.15) is 0 Å². The minimum atomic E-state index is 0.0901. The monoisotopic (exact) mass is 407 g/mol. The van der Waals surface area contributed by atoms with Crippen LogP contribution in [-0.4, -0.2) is 59.5 Å². The molecule has 30 heavy (non-hydrogen) atoms. The van der Waals surface area contributed by atoms with Gasteiger partial charge in [0.05, 0.1) is 37.7 Å². The Balaban J connectivity index is 1.16. The van der Waals surface area contributed by atoms with Crippen molar-refractivity contribution in [1.82, 2.24) is 14.8 Å². The van der Waals surface area contributed by atoms with Crippen LogP contribution in [-0.2, 0) is 29.3 Å². The van der Waals surface area contributed by atoms with E-state index in [1.807, 2.05) is 41.3 Å². The lowest BCUT2D eigenvalue weighted by atomic mass is 9.75. The van der Waals surface area contributed by atoms with Gasteiger partial charge in [-0.2, -0.15) is 0 Å². The van der Waals surface area contributed by atoms with Crippen molar-refractivity contribution < 1.29 is 14.3 Å². The van der Waals surface area contributed by atoms with E-state index in [0.29, 0.717) is 25.7 Å². The zero-order valence-corrected chi connectivity index (χ0v) is 17.5. The first kappa shape index (κ1) is 19.7. The lowest BCUT2D eigenvalue weighted by molar-refractivity contribution is -0.0769. The summed E-state index contributed by atoms with van der Waals surface area (Å²) in [7, 11) is 2.19. The summed E-state index contributed by atoms with van der Waals surface area (Å²) in [4.78, 5) is 21.8. The van der Waals surface area contributed by atoms with Crippen molar-refractivity contribution in [2.24, 2.45) is 5.92 Å². The predicted molar refractivity (Wildman–Crippen MR) is 113 cm³/mol.